The van der Waals surface area contributed by atoms with Gasteiger partial charge in [0, 0.05) is 29.1 Å². The Kier molecular flexibility index (Phi) is 4.37. The van der Waals surface area contributed by atoms with Crippen LogP contribution in [0.4, 0.5) is 5.69 Å². The summed E-state index contributed by atoms with van der Waals surface area (Å²) >= 11 is 9.60. The van der Waals surface area contributed by atoms with E-state index in [0.717, 1.165) is 35.3 Å². The topological polar surface area (TPSA) is 3.24 Å². The smallest absolute Gasteiger partial charge is 0.0410 e. The molecule has 2 unspecified atom stereocenters. The van der Waals surface area contributed by atoms with Crippen LogP contribution >= 0.6 is 27.5 Å². The minimum absolute atomic E-state index is 0.766. The molecule has 0 saturated carbocycles. The van der Waals surface area contributed by atoms with Gasteiger partial charge in [-0.25, -0.2) is 0 Å². The molecule has 0 aliphatic carbocycles. The fraction of sp³-hybridized carbons (Fsp3) is 0.571. The average molecular weight is 317 g/mol. The molecule has 1 aromatic carbocycles. The molecule has 3 heteroatoms. The van der Waals surface area contributed by atoms with Crippen molar-refractivity contribution in [2.24, 2.45) is 11.8 Å². The molecule has 0 amide bonds. The van der Waals surface area contributed by atoms with Crippen molar-refractivity contribution < 1.29 is 0 Å². The Balaban J connectivity index is 2.22. The number of benzene rings is 1. The van der Waals surface area contributed by atoms with Gasteiger partial charge in [-0.05, 0) is 42.0 Å². The number of rotatable bonds is 2. The fourth-order valence-electron chi connectivity index (χ4n) is 2.45. The SMILES string of the molecule is CC1CCN(c2ccc(Cl)cc2CBr)CC1C. The summed E-state index contributed by atoms with van der Waals surface area (Å²) in [6.07, 6.45) is 1.28. The van der Waals surface area contributed by atoms with E-state index < -0.39 is 0 Å². The molecule has 2 rings (SSSR count). The molecule has 2 atom stereocenters. The van der Waals surface area contributed by atoms with Crippen molar-refractivity contribution in [1.29, 1.82) is 0 Å². The van der Waals surface area contributed by atoms with Gasteiger partial charge in [0.15, 0.2) is 0 Å². The standard InChI is InChI=1S/C14H19BrClN/c1-10-5-6-17(9-11(10)2)14-4-3-13(16)7-12(14)8-15/h3-4,7,10-11H,5-6,8-9H2,1-2H3. The van der Waals surface area contributed by atoms with E-state index in [9.17, 15) is 0 Å². The summed E-state index contributed by atoms with van der Waals surface area (Å²) in [7, 11) is 0. The van der Waals surface area contributed by atoms with Crippen LogP contribution in [0.25, 0.3) is 0 Å². The summed E-state index contributed by atoms with van der Waals surface area (Å²) in [5.74, 6) is 1.61. The number of hydrogen-bond donors (Lipinski definition) is 0. The van der Waals surface area contributed by atoms with Gasteiger partial charge < -0.3 is 4.90 Å². The summed E-state index contributed by atoms with van der Waals surface area (Å²) in [6, 6.07) is 6.21. The van der Waals surface area contributed by atoms with Crippen LogP contribution in [0.2, 0.25) is 5.02 Å². The van der Waals surface area contributed by atoms with Crippen molar-refractivity contribution in [3.8, 4) is 0 Å². The molecule has 17 heavy (non-hydrogen) atoms. The molecule has 0 aromatic heterocycles. The first-order valence-electron chi connectivity index (χ1n) is 6.21. The van der Waals surface area contributed by atoms with E-state index in [1.165, 1.54) is 17.7 Å². The Bertz CT molecular complexity index is 394. The van der Waals surface area contributed by atoms with Gasteiger partial charge in [0.2, 0.25) is 0 Å². The number of piperidine rings is 1. The Morgan fingerprint density at radius 3 is 2.76 bits per heavy atom. The summed E-state index contributed by atoms with van der Waals surface area (Å²) in [5.41, 5.74) is 2.63. The maximum Gasteiger partial charge on any atom is 0.0410 e. The van der Waals surface area contributed by atoms with Crippen LogP contribution in [-0.2, 0) is 5.33 Å². The molecule has 1 saturated heterocycles. The Morgan fingerprint density at radius 2 is 2.12 bits per heavy atom. The number of nitrogens with zero attached hydrogens (tertiary/aromatic N) is 1. The monoisotopic (exact) mass is 315 g/mol. The van der Waals surface area contributed by atoms with E-state index in [-0.39, 0.29) is 0 Å². The van der Waals surface area contributed by atoms with Crippen LogP contribution in [0.3, 0.4) is 0 Å². The Hall–Kier alpha value is -0.210. The maximum absolute atomic E-state index is 6.05. The molecule has 1 aliphatic heterocycles. The van der Waals surface area contributed by atoms with Crippen LogP contribution < -0.4 is 4.90 Å². The molecule has 1 nitrogen and oxygen atoms in total. The van der Waals surface area contributed by atoms with Crippen LogP contribution in [0.1, 0.15) is 25.8 Å². The maximum atomic E-state index is 6.05. The van der Waals surface area contributed by atoms with Gasteiger partial charge >= 0.3 is 0 Å². The van der Waals surface area contributed by atoms with Gasteiger partial charge in [0.05, 0.1) is 0 Å². The van der Waals surface area contributed by atoms with Crippen molar-refractivity contribution in [2.75, 3.05) is 18.0 Å². The first kappa shape index (κ1) is 13.2. The molecule has 1 aromatic rings. The lowest BCUT2D eigenvalue weighted by Crippen LogP contribution is -2.38. The Labute approximate surface area is 117 Å². The van der Waals surface area contributed by atoms with E-state index in [4.69, 9.17) is 11.6 Å². The minimum atomic E-state index is 0.766. The molecule has 1 heterocycles. The van der Waals surface area contributed by atoms with Crippen LogP contribution in [0.5, 0.6) is 0 Å². The van der Waals surface area contributed by atoms with Gasteiger partial charge in [-0.3, -0.25) is 0 Å². The van der Waals surface area contributed by atoms with Crippen LogP contribution in [0, 0.1) is 11.8 Å². The molecule has 94 valence electrons. The van der Waals surface area contributed by atoms with Crippen molar-refractivity contribution >= 4 is 33.2 Å². The van der Waals surface area contributed by atoms with Crippen molar-refractivity contribution in [1.82, 2.24) is 0 Å². The summed E-state index contributed by atoms with van der Waals surface area (Å²) in [4.78, 5) is 2.50. The van der Waals surface area contributed by atoms with E-state index in [1.807, 2.05) is 6.07 Å². The molecular weight excluding hydrogens is 298 g/mol. The highest BCUT2D eigenvalue weighted by atomic mass is 79.9. The molecule has 0 radical (unpaired) electrons. The van der Waals surface area contributed by atoms with Gasteiger partial charge in [-0.2, -0.15) is 0 Å². The van der Waals surface area contributed by atoms with Crippen molar-refractivity contribution in [3.63, 3.8) is 0 Å². The van der Waals surface area contributed by atoms with E-state index in [0.29, 0.717) is 0 Å². The molecule has 0 N–H and O–H groups in total. The Morgan fingerprint density at radius 1 is 1.35 bits per heavy atom. The van der Waals surface area contributed by atoms with E-state index in [2.05, 4.69) is 46.8 Å². The third kappa shape index (κ3) is 2.97. The normalized spacial score (nSPS) is 25.1. The largest absolute Gasteiger partial charge is 0.371 e. The summed E-state index contributed by atoms with van der Waals surface area (Å²) in [5, 5.41) is 1.69. The van der Waals surface area contributed by atoms with Crippen molar-refractivity contribution in [2.45, 2.75) is 25.6 Å². The van der Waals surface area contributed by atoms with Crippen molar-refractivity contribution in [3.05, 3.63) is 28.8 Å². The minimum Gasteiger partial charge on any atom is -0.371 e. The lowest BCUT2D eigenvalue weighted by Gasteiger charge is -2.37. The summed E-state index contributed by atoms with van der Waals surface area (Å²) in [6.45, 7) is 7.02. The van der Waals surface area contributed by atoms with Gasteiger partial charge in [-0.15, -0.1) is 0 Å². The summed E-state index contributed by atoms with van der Waals surface area (Å²) < 4.78 is 0. The zero-order valence-electron chi connectivity index (χ0n) is 10.4. The zero-order valence-corrected chi connectivity index (χ0v) is 12.8. The lowest BCUT2D eigenvalue weighted by molar-refractivity contribution is 0.323. The zero-order chi connectivity index (χ0) is 12.4. The number of halogens is 2. The van der Waals surface area contributed by atoms with Gasteiger partial charge in [0.25, 0.3) is 0 Å². The van der Waals surface area contributed by atoms with Gasteiger partial charge in [-0.1, -0.05) is 41.4 Å². The quantitative estimate of drug-likeness (QED) is 0.714. The highest BCUT2D eigenvalue weighted by Crippen LogP contribution is 2.31. The third-order valence-electron chi connectivity index (χ3n) is 3.86. The third-order valence-corrected chi connectivity index (χ3v) is 4.70. The average Bonchev–Trinajstić information content (AvgIpc) is 2.32. The molecule has 0 bridgehead atoms. The molecular formula is C14H19BrClN. The molecule has 1 fully saturated rings. The highest BCUT2D eigenvalue weighted by molar-refractivity contribution is 9.08. The van der Waals surface area contributed by atoms with Gasteiger partial charge in [0.1, 0.15) is 0 Å². The first-order valence-corrected chi connectivity index (χ1v) is 7.71. The van der Waals surface area contributed by atoms with Crippen LogP contribution in [-0.4, -0.2) is 13.1 Å². The highest BCUT2D eigenvalue weighted by Gasteiger charge is 2.23. The van der Waals surface area contributed by atoms with E-state index in [1.54, 1.807) is 0 Å². The number of alkyl halides is 1. The second-order valence-corrected chi connectivity index (χ2v) is 6.09. The predicted molar refractivity (Wildman–Crippen MR) is 79.2 cm³/mol. The predicted octanol–water partition coefficient (Wildman–Crippen LogP) is 4.72. The number of anilines is 1. The molecule has 1 aliphatic rings. The first-order chi connectivity index (χ1) is 8.11. The lowest BCUT2D eigenvalue weighted by atomic mass is 9.88. The second kappa shape index (κ2) is 5.62. The van der Waals surface area contributed by atoms with E-state index >= 15 is 0 Å². The van der Waals surface area contributed by atoms with Crippen LogP contribution in [0.15, 0.2) is 18.2 Å². The fourth-order valence-corrected chi connectivity index (χ4v) is 3.10. The molecule has 0 spiro atoms. The number of hydrogen-bond acceptors (Lipinski definition) is 1. The second-order valence-electron chi connectivity index (χ2n) is 5.10.